The van der Waals surface area contributed by atoms with Gasteiger partial charge in [-0.15, -0.1) is 11.3 Å². The van der Waals surface area contributed by atoms with Crippen LogP contribution in [0, 0.1) is 0 Å². The van der Waals surface area contributed by atoms with Crippen LogP contribution in [0.25, 0.3) is 11.1 Å². The minimum atomic E-state index is -0.387. The van der Waals surface area contributed by atoms with Crippen molar-refractivity contribution >= 4 is 52.1 Å². The lowest BCUT2D eigenvalue weighted by molar-refractivity contribution is -0.723. The summed E-state index contributed by atoms with van der Waals surface area (Å²) in [4.78, 5) is 20.4. The van der Waals surface area contributed by atoms with Crippen LogP contribution in [0.15, 0.2) is 29.2 Å². The summed E-state index contributed by atoms with van der Waals surface area (Å²) in [5.41, 5.74) is 0.0634. The van der Waals surface area contributed by atoms with Crippen LogP contribution in [0.1, 0.15) is 17.8 Å². The number of benzene rings is 1. The van der Waals surface area contributed by atoms with Gasteiger partial charge >= 0.3 is 11.5 Å². The molecule has 3 heterocycles. The van der Waals surface area contributed by atoms with Gasteiger partial charge < -0.3 is 5.11 Å². The third-order valence-electron chi connectivity index (χ3n) is 4.74. The van der Waals surface area contributed by atoms with Crippen molar-refractivity contribution in [3.8, 4) is 17.0 Å². The molecule has 4 rings (SSSR count). The van der Waals surface area contributed by atoms with Crippen molar-refractivity contribution in [2.75, 3.05) is 18.5 Å². The zero-order valence-electron chi connectivity index (χ0n) is 14.9. The lowest BCUT2D eigenvalue weighted by Gasteiger charge is -2.20. The number of hydrogen-bond acceptors (Lipinski definition) is 5. The quantitative estimate of drug-likeness (QED) is 0.566. The van der Waals surface area contributed by atoms with Gasteiger partial charge in [0, 0.05) is 22.1 Å². The van der Waals surface area contributed by atoms with Crippen LogP contribution in [0.4, 0.5) is 5.95 Å². The Bertz CT molecular complexity index is 1120. The third kappa shape index (κ3) is 3.06. The largest absolute Gasteiger partial charge is 0.848 e. The number of thiazole rings is 1. The highest BCUT2D eigenvalue weighted by Crippen LogP contribution is 2.36. The molecule has 0 bridgehead atoms. The molecule has 0 radical (unpaired) electrons. The van der Waals surface area contributed by atoms with Gasteiger partial charge in [0.05, 0.1) is 24.0 Å². The lowest BCUT2D eigenvalue weighted by Crippen LogP contribution is -2.46. The molecule has 0 amide bonds. The summed E-state index contributed by atoms with van der Waals surface area (Å²) in [5, 5.41) is 13.9. The SMILES string of the molecule is CC[n+]1c([O-])c(-c2cc(Cl)cc(Cl)c2)c(=O)n2c1N(C)CC2c1cnc(Cl)s1. The highest BCUT2D eigenvalue weighted by Gasteiger charge is 2.41. The second kappa shape index (κ2) is 7.22. The van der Waals surface area contributed by atoms with Gasteiger partial charge in [-0.1, -0.05) is 34.8 Å². The summed E-state index contributed by atoms with van der Waals surface area (Å²) >= 11 is 19.6. The number of halogens is 3. The first-order valence-electron chi connectivity index (χ1n) is 8.50. The van der Waals surface area contributed by atoms with Crippen LogP contribution in [0.3, 0.4) is 0 Å². The molecule has 28 heavy (non-hydrogen) atoms. The normalized spacial score (nSPS) is 15.9. The number of hydrogen-bond donors (Lipinski definition) is 0. The average Bonchev–Trinajstić information content (AvgIpc) is 3.19. The highest BCUT2D eigenvalue weighted by atomic mass is 35.5. The molecule has 2 aromatic heterocycles. The second-order valence-electron chi connectivity index (χ2n) is 6.47. The zero-order chi connectivity index (χ0) is 20.2. The Morgan fingerprint density at radius 1 is 1.29 bits per heavy atom. The summed E-state index contributed by atoms with van der Waals surface area (Å²) in [6.45, 7) is 2.81. The van der Waals surface area contributed by atoms with Crippen molar-refractivity contribution in [3.63, 3.8) is 0 Å². The molecule has 146 valence electrons. The van der Waals surface area contributed by atoms with E-state index in [1.54, 1.807) is 33.5 Å². The smallest absolute Gasteiger partial charge is 0.362 e. The molecule has 6 nitrogen and oxygen atoms in total. The summed E-state index contributed by atoms with van der Waals surface area (Å²) in [6, 6.07) is 4.43. The molecule has 0 N–H and O–H groups in total. The summed E-state index contributed by atoms with van der Waals surface area (Å²) in [6.07, 6.45) is 1.67. The summed E-state index contributed by atoms with van der Waals surface area (Å²) < 4.78 is 3.64. The van der Waals surface area contributed by atoms with E-state index in [1.165, 1.54) is 11.3 Å². The highest BCUT2D eigenvalue weighted by molar-refractivity contribution is 7.15. The van der Waals surface area contributed by atoms with E-state index in [4.69, 9.17) is 34.8 Å². The fraction of sp³-hybridized carbons (Fsp3) is 0.278. The standard InChI is InChI=1S/C18H15Cl3N4O2S/c1-3-24-15(26)14(9-4-10(19)6-11(20)5-9)16(27)25-12(8-23(2)18(24)25)13-7-22-17(21)28-13/h4-7,12H,3,8H2,1-2H3. The molecule has 1 aliphatic heterocycles. The maximum atomic E-state index is 13.5. The Hall–Kier alpha value is -1.80. The van der Waals surface area contributed by atoms with Crippen LogP contribution in [-0.4, -0.2) is 23.1 Å². The topological polar surface area (TPSA) is 65.1 Å². The van der Waals surface area contributed by atoms with Crippen molar-refractivity contribution in [1.82, 2.24) is 9.55 Å². The van der Waals surface area contributed by atoms with Crippen molar-refractivity contribution in [3.05, 3.63) is 54.1 Å². The molecule has 1 unspecified atom stereocenters. The fourth-order valence-corrected chi connectivity index (χ4v) is 5.18. The monoisotopic (exact) mass is 456 g/mol. The molecule has 3 aromatic rings. The van der Waals surface area contributed by atoms with Crippen LogP contribution in [0.5, 0.6) is 5.88 Å². The average molecular weight is 458 g/mol. The minimum Gasteiger partial charge on any atom is -0.848 e. The van der Waals surface area contributed by atoms with Gasteiger partial charge in [0.15, 0.2) is 10.5 Å². The molecule has 0 fully saturated rings. The molecular weight excluding hydrogens is 443 g/mol. The first kappa shape index (κ1) is 19.5. The Balaban J connectivity index is 2.04. The molecule has 10 heteroatoms. The van der Waals surface area contributed by atoms with Crippen molar-refractivity contribution in [2.45, 2.75) is 19.5 Å². The van der Waals surface area contributed by atoms with Gasteiger partial charge in [-0.3, -0.25) is 9.69 Å². The van der Waals surface area contributed by atoms with Crippen molar-refractivity contribution in [1.29, 1.82) is 0 Å². The van der Waals surface area contributed by atoms with Gasteiger partial charge in [0.1, 0.15) is 6.54 Å². The Morgan fingerprint density at radius 3 is 2.54 bits per heavy atom. The zero-order valence-corrected chi connectivity index (χ0v) is 18.0. The number of likely N-dealkylation sites (N-methyl/N-ethyl adjacent to an activating group) is 1. The Labute approximate surface area is 180 Å². The Morgan fingerprint density at radius 2 is 1.96 bits per heavy atom. The van der Waals surface area contributed by atoms with Gasteiger partial charge in [-0.05, 0) is 30.7 Å². The van der Waals surface area contributed by atoms with E-state index in [0.29, 0.717) is 39.1 Å². The fourth-order valence-electron chi connectivity index (χ4n) is 3.62. The van der Waals surface area contributed by atoms with Crippen LogP contribution < -0.4 is 20.1 Å². The van der Waals surface area contributed by atoms with Gasteiger partial charge in [-0.2, -0.15) is 4.57 Å². The molecule has 0 spiro atoms. The number of nitrogens with zero attached hydrogens (tertiary/aromatic N) is 4. The molecule has 1 aliphatic rings. The maximum absolute atomic E-state index is 13.5. The number of rotatable bonds is 3. The third-order valence-corrected chi connectivity index (χ3v) is 6.39. The summed E-state index contributed by atoms with van der Waals surface area (Å²) in [7, 11) is 1.86. The number of fused-ring (bicyclic) bond motifs is 1. The molecule has 0 saturated heterocycles. The summed E-state index contributed by atoms with van der Waals surface area (Å²) in [5.74, 6) is 0.191. The molecule has 0 aliphatic carbocycles. The van der Waals surface area contributed by atoms with Gasteiger partial charge in [0.2, 0.25) is 0 Å². The molecular formula is C18H15Cl3N4O2S. The maximum Gasteiger partial charge on any atom is 0.362 e. The van der Waals surface area contributed by atoms with Crippen molar-refractivity contribution in [2.24, 2.45) is 0 Å². The second-order valence-corrected chi connectivity index (χ2v) is 8.99. The van der Waals surface area contributed by atoms with Crippen LogP contribution in [0.2, 0.25) is 14.5 Å². The predicted molar refractivity (Wildman–Crippen MR) is 110 cm³/mol. The predicted octanol–water partition coefficient (Wildman–Crippen LogP) is 3.35. The van der Waals surface area contributed by atoms with E-state index < -0.39 is 0 Å². The van der Waals surface area contributed by atoms with E-state index in [1.807, 2.05) is 18.9 Å². The van der Waals surface area contributed by atoms with Gasteiger partial charge in [-0.25, -0.2) is 9.55 Å². The van der Waals surface area contributed by atoms with E-state index in [-0.39, 0.29) is 23.0 Å². The van der Waals surface area contributed by atoms with E-state index >= 15 is 0 Å². The molecule has 0 saturated carbocycles. The van der Waals surface area contributed by atoms with Crippen LogP contribution in [-0.2, 0) is 6.54 Å². The number of aromatic nitrogens is 3. The van der Waals surface area contributed by atoms with Crippen molar-refractivity contribution < 1.29 is 9.67 Å². The minimum absolute atomic E-state index is 0.0471. The molecule has 1 atom stereocenters. The van der Waals surface area contributed by atoms with E-state index in [0.717, 1.165) is 4.88 Å². The lowest BCUT2D eigenvalue weighted by atomic mass is 10.1. The first-order valence-corrected chi connectivity index (χ1v) is 10.4. The van der Waals surface area contributed by atoms with Gasteiger partial charge in [0.25, 0.3) is 0 Å². The number of anilines is 1. The molecule has 1 aromatic carbocycles. The van der Waals surface area contributed by atoms with Crippen LogP contribution >= 0.6 is 46.1 Å². The Kier molecular flexibility index (Phi) is 5.03. The van der Waals surface area contributed by atoms with E-state index in [2.05, 4.69) is 4.98 Å². The first-order chi connectivity index (χ1) is 13.3. The van der Waals surface area contributed by atoms with E-state index in [9.17, 15) is 9.90 Å².